The Labute approximate surface area is 125 Å². The Bertz CT molecular complexity index is 679. The fraction of sp³-hybridized carbons (Fsp3) is 0.250. The molecule has 0 amide bonds. The molecule has 1 aliphatic rings. The maximum absolute atomic E-state index is 12.5. The van der Waals surface area contributed by atoms with Crippen LogP contribution in [0.4, 0.5) is 0 Å². The monoisotopic (exact) mass is 304 g/mol. The minimum absolute atomic E-state index is 0.564. The first-order valence-corrected chi connectivity index (χ1v) is 7.78. The molecule has 2 aromatic rings. The second-order valence-corrected chi connectivity index (χ2v) is 6.53. The molecule has 110 valence electrons. The minimum Gasteiger partial charge on any atom is -0.497 e. The van der Waals surface area contributed by atoms with Crippen LogP contribution in [0.15, 0.2) is 53.4 Å². The average molecular weight is 304 g/mol. The van der Waals surface area contributed by atoms with Crippen LogP contribution in [0.2, 0.25) is 0 Å². The van der Waals surface area contributed by atoms with Crippen LogP contribution in [0.25, 0.3) is 0 Å². The predicted octanol–water partition coefficient (Wildman–Crippen LogP) is 2.43. The largest absolute Gasteiger partial charge is 0.497 e. The van der Waals surface area contributed by atoms with Gasteiger partial charge in [0, 0.05) is 0 Å². The number of hydrogen-bond acceptors (Lipinski definition) is 4. The van der Waals surface area contributed by atoms with Crippen molar-refractivity contribution in [3.63, 3.8) is 0 Å². The van der Waals surface area contributed by atoms with Gasteiger partial charge in [-0.3, -0.25) is 4.21 Å². The number of benzene rings is 2. The van der Waals surface area contributed by atoms with Gasteiger partial charge in [0.1, 0.15) is 27.9 Å². The van der Waals surface area contributed by atoms with E-state index >= 15 is 0 Å². The molecule has 4 nitrogen and oxygen atoms in total. The van der Waals surface area contributed by atoms with E-state index in [2.05, 4.69) is 0 Å². The number of rotatable bonds is 3. The van der Waals surface area contributed by atoms with E-state index in [0.717, 1.165) is 0 Å². The van der Waals surface area contributed by atoms with E-state index in [9.17, 15) is 9.32 Å². The van der Waals surface area contributed by atoms with Crippen molar-refractivity contribution < 1.29 is 18.8 Å². The predicted molar refractivity (Wildman–Crippen MR) is 79.8 cm³/mol. The van der Waals surface area contributed by atoms with Crippen LogP contribution < -0.4 is 9.47 Å². The molecule has 21 heavy (non-hydrogen) atoms. The van der Waals surface area contributed by atoms with E-state index in [0.29, 0.717) is 22.0 Å². The molecule has 1 N–H and O–H groups in total. The Kier molecular flexibility index (Phi) is 3.47. The van der Waals surface area contributed by atoms with Gasteiger partial charge in [-0.05, 0) is 36.8 Å². The van der Waals surface area contributed by atoms with E-state index in [1.807, 2.05) is 12.1 Å². The number of fused-ring (bicyclic) bond motifs is 1. The van der Waals surface area contributed by atoms with E-state index in [4.69, 9.17) is 9.47 Å². The lowest BCUT2D eigenvalue weighted by Gasteiger charge is -2.28. The van der Waals surface area contributed by atoms with Crippen molar-refractivity contribution in [3.05, 3.63) is 54.1 Å². The van der Waals surface area contributed by atoms with E-state index in [1.165, 1.54) is 0 Å². The average Bonchev–Trinajstić information content (AvgIpc) is 2.86. The zero-order valence-electron chi connectivity index (χ0n) is 11.8. The SMILES string of the molecule is COc1ccc([C@@](C)(O)[C@@H]2Oc3ccccc3S2=O)cc1. The highest BCUT2D eigenvalue weighted by atomic mass is 32.2. The van der Waals surface area contributed by atoms with Crippen LogP contribution in [-0.2, 0) is 16.4 Å². The van der Waals surface area contributed by atoms with Crippen molar-refractivity contribution in [1.82, 2.24) is 0 Å². The third kappa shape index (κ3) is 2.32. The normalized spacial score (nSPS) is 23.0. The molecular formula is C16H16O4S. The molecule has 0 aromatic heterocycles. The van der Waals surface area contributed by atoms with Crippen molar-refractivity contribution in [1.29, 1.82) is 0 Å². The molecule has 0 aliphatic carbocycles. The van der Waals surface area contributed by atoms with Gasteiger partial charge in [-0.25, -0.2) is 0 Å². The Hall–Kier alpha value is -1.85. The number of aliphatic hydroxyl groups is 1. The third-order valence-electron chi connectivity index (χ3n) is 3.63. The van der Waals surface area contributed by atoms with Gasteiger partial charge in [0.25, 0.3) is 0 Å². The first-order chi connectivity index (χ1) is 10.0. The summed E-state index contributed by atoms with van der Waals surface area (Å²) in [6.45, 7) is 1.61. The van der Waals surface area contributed by atoms with Crippen LogP contribution >= 0.6 is 0 Å². The summed E-state index contributed by atoms with van der Waals surface area (Å²) in [5.74, 6) is 1.26. The van der Waals surface area contributed by atoms with Crippen LogP contribution in [0.5, 0.6) is 11.5 Å². The molecule has 0 saturated carbocycles. The first kappa shape index (κ1) is 14.1. The number of hydrogen-bond donors (Lipinski definition) is 1. The Morgan fingerprint density at radius 1 is 1.19 bits per heavy atom. The molecule has 0 radical (unpaired) electrons. The third-order valence-corrected chi connectivity index (χ3v) is 5.34. The summed E-state index contributed by atoms with van der Waals surface area (Å²) in [5.41, 5.74) is -1.56. The van der Waals surface area contributed by atoms with Gasteiger partial charge in [-0.2, -0.15) is 0 Å². The molecular weight excluding hydrogens is 288 g/mol. The van der Waals surface area contributed by atoms with Gasteiger partial charge in [-0.15, -0.1) is 0 Å². The Balaban J connectivity index is 1.94. The van der Waals surface area contributed by atoms with Gasteiger partial charge in [0.2, 0.25) is 5.44 Å². The lowest BCUT2D eigenvalue weighted by molar-refractivity contribution is -0.00947. The smallest absolute Gasteiger partial charge is 0.210 e. The summed E-state index contributed by atoms with van der Waals surface area (Å²) in [6, 6.07) is 14.2. The molecule has 0 spiro atoms. The molecule has 3 atom stereocenters. The van der Waals surface area contributed by atoms with Crippen LogP contribution in [0, 0.1) is 0 Å². The van der Waals surface area contributed by atoms with Crippen LogP contribution in [-0.4, -0.2) is 21.9 Å². The van der Waals surface area contributed by atoms with Gasteiger partial charge in [0.05, 0.1) is 12.0 Å². The number of para-hydroxylation sites is 1. The molecule has 1 aliphatic heterocycles. The van der Waals surface area contributed by atoms with Crippen molar-refractivity contribution in [2.24, 2.45) is 0 Å². The lowest BCUT2D eigenvalue weighted by Crippen LogP contribution is -2.41. The highest BCUT2D eigenvalue weighted by molar-refractivity contribution is 7.86. The Morgan fingerprint density at radius 2 is 1.86 bits per heavy atom. The molecule has 2 aromatic carbocycles. The molecule has 0 fully saturated rings. The Morgan fingerprint density at radius 3 is 2.48 bits per heavy atom. The van der Waals surface area contributed by atoms with Crippen molar-refractivity contribution in [2.75, 3.05) is 7.11 Å². The fourth-order valence-electron chi connectivity index (χ4n) is 2.38. The van der Waals surface area contributed by atoms with Gasteiger partial charge in [-0.1, -0.05) is 24.3 Å². The quantitative estimate of drug-likeness (QED) is 0.946. The van der Waals surface area contributed by atoms with Crippen LogP contribution in [0.3, 0.4) is 0 Å². The molecule has 5 heteroatoms. The topological polar surface area (TPSA) is 55.8 Å². The zero-order valence-corrected chi connectivity index (χ0v) is 12.6. The maximum Gasteiger partial charge on any atom is 0.210 e. The fourth-order valence-corrected chi connectivity index (χ4v) is 3.88. The standard InChI is InChI=1S/C16H16O4S/c1-16(17,11-7-9-12(19-2)10-8-11)15-20-13-5-3-4-6-14(13)21(15)18/h3-10,15,17H,1-2H3/t15-,16-,21?/m1/s1. The second kappa shape index (κ2) is 5.16. The molecule has 3 rings (SSSR count). The zero-order chi connectivity index (χ0) is 15.0. The summed E-state index contributed by atoms with van der Waals surface area (Å²) >= 11 is 0. The molecule has 1 unspecified atom stereocenters. The van der Waals surface area contributed by atoms with Gasteiger partial charge < -0.3 is 14.6 Å². The highest BCUT2D eigenvalue weighted by Crippen LogP contribution is 2.40. The van der Waals surface area contributed by atoms with Gasteiger partial charge in [0.15, 0.2) is 0 Å². The van der Waals surface area contributed by atoms with Crippen molar-refractivity contribution >= 4 is 10.8 Å². The molecule has 0 bridgehead atoms. The summed E-state index contributed by atoms with van der Waals surface area (Å²) in [4.78, 5) is 0.622. The minimum atomic E-state index is -1.42. The summed E-state index contributed by atoms with van der Waals surface area (Å²) in [5, 5.41) is 10.8. The van der Waals surface area contributed by atoms with Crippen LogP contribution in [0.1, 0.15) is 12.5 Å². The second-order valence-electron chi connectivity index (χ2n) is 5.07. The van der Waals surface area contributed by atoms with E-state index in [1.54, 1.807) is 50.4 Å². The number of ether oxygens (including phenoxy) is 2. The molecule has 1 heterocycles. The van der Waals surface area contributed by atoms with Crippen molar-refractivity contribution in [3.8, 4) is 11.5 Å². The lowest BCUT2D eigenvalue weighted by atomic mass is 9.96. The summed E-state index contributed by atoms with van der Waals surface area (Å²) < 4.78 is 23.4. The number of methoxy groups -OCH3 is 1. The molecule has 0 saturated heterocycles. The van der Waals surface area contributed by atoms with Crippen molar-refractivity contribution in [2.45, 2.75) is 22.9 Å². The summed E-state index contributed by atoms with van der Waals surface area (Å²) in [6.07, 6.45) is 0. The van der Waals surface area contributed by atoms with Gasteiger partial charge >= 0.3 is 0 Å². The summed E-state index contributed by atoms with van der Waals surface area (Å²) in [7, 11) is 0.166. The first-order valence-electron chi connectivity index (χ1n) is 6.57. The highest BCUT2D eigenvalue weighted by Gasteiger charge is 2.45. The van der Waals surface area contributed by atoms with E-state index in [-0.39, 0.29) is 0 Å². The maximum atomic E-state index is 12.5. The van der Waals surface area contributed by atoms with E-state index < -0.39 is 21.8 Å².